The van der Waals surface area contributed by atoms with Crippen molar-refractivity contribution >= 4 is 115 Å². The number of nitrogens with zero attached hydrogens (tertiary/aromatic N) is 8. The van der Waals surface area contributed by atoms with Gasteiger partial charge in [-0.15, -0.1) is 58.5 Å². The van der Waals surface area contributed by atoms with Crippen LogP contribution >= 0.6 is 45.3 Å². The number of hydrogen-bond acceptors (Lipinski definition) is 24. The van der Waals surface area contributed by atoms with Crippen molar-refractivity contribution in [3.05, 3.63) is 260 Å². The third kappa shape index (κ3) is 20.9. The van der Waals surface area contributed by atoms with Crippen LogP contribution in [0.1, 0.15) is 119 Å². The van der Waals surface area contributed by atoms with Gasteiger partial charge in [0, 0.05) is 67.8 Å². The van der Waals surface area contributed by atoms with E-state index in [1.807, 2.05) is 96.9 Å². The lowest BCUT2D eigenvalue weighted by molar-refractivity contribution is -0.147. The number of aliphatic hydroxyl groups is 4. The number of allylic oxidation sites excluding steroid dienone is 2. The van der Waals surface area contributed by atoms with Crippen molar-refractivity contribution in [2.75, 3.05) is 21.3 Å². The van der Waals surface area contributed by atoms with E-state index in [2.05, 4.69) is 75.1 Å². The van der Waals surface area contributed by atoms with E-state index < -0.39 is 48.3 Å². The average molecular weight is 1530 g/mol. The first kappa shape index (κ1) is 80.5. The Labute approximate surface area is 639 Å². The monoisotopic (exact) mass is 1530 g/mol. The van der Waals surface area contributed by atoms with Crippen LogP contribution in [0.25, 0.3) is 42.8 Å². The molecule has 12 aromatic rings. The number of carbonyl (C=O) groups is 4. The number of nitrogens with one attached hydrogen (secondary N) is 4. The van der Waals surface area contributed by atoms with E-state index in [9.17, 15) is 39.6 Å². The standard InChI is InChI=1S/C21H21N3O3S.C20H19N3O3S.C20H21N3O3S.C19H19N3O3S/c1-3-6-15-16(4-2)23-20(17-7-5-12-28-17)24-19(15)22-14-10-8-13(9-11-14)18(25)21(26)27;1-3-5-15-12(2)21-19(16-6-4-11-27-16)23-18(15)22-14-9-7-13(8-10-14)17(24)20(25)26;1-3-14-15(4-2)22-19(16-6-5-11-27-16)23-18(14)21-13-9-7-12(8-10-13)17(24)20(25)26;1-3-14-11(2)20-18(15-5-4-10-26-15)22-17(14)21-13-8-6-12(7-9-13)16(23)19(24)25/h3,5,7-12,18,25H,1,4,6H2,2H3,(H,26,27)(H,22,23,24);3-4,6-11,17,24H,1,5H2,2H3,(H,25,26)(H,21,22,23);5-11,17,24H,3-4H2,1-2H3,(H,25,26)(H,21,22,23);4-10,16,23H,3H2,1-2H3,(H,24,25)(H,20,21,22). The number of anilines is 8. The predicted molar refractivity (Wildman–Crippen MR) is 425 cm³/mol. The Morgan fingerprint density at radius 1 is 0.352 bits per heavy atom. The number of aliphatic carboxylic acids is 4. The molecule has 0 aliphatic carbocycles. The zero-order chi connectivity index (χ0) is 77.6. The molecule has 0 spiro atoms. The fourth-order valence-corrected chi connectivity index (χ4v) is 13.6. The Hall–Kier alpha value is -11.6. The molecule has 0 aliphatic heterocycles. The summed E-state index contributed by atoms with van der Waals surface area (Å²) in [6.45, 7) is 19.8. The van der Waals surface area contributed by atoms with Crippen LogP contribution in [0, 0.1) is 13.8 Å². The molecule has 4 unspecified atom stereocenters. The number of aromatic nitrogens is 8. The number of carboxylic acid groups (broad SMARTS) is 4. The van der Waals surface area contributed by atoms with E-state index in [-0.39, 0.29) is 0 Å². The van der Waals surface area contributed by atoms with Crippen LogP contribution in [0.4, 0.5) is 46.0 Å². The van der Waals surface area contributed by atoms with Gasteiger partial charge in [-0.05, 0) is 169 Å². The van der Waals surface area contributed by atoms with Crippen molar-refractivity contribution in [3.8, 4) is 42.8 Å². The number of hydrogen-bond donors (Lipinski definition) is 12. The van der Waals surface area contributed by atoms with Crippen molar-refractivity contribution in [1.29, 1.82) is 0 Å². The summed E-state index contributed by atoms with van der Waals surface area (Å²) in [5.74, 6) is 0.437. The minimum Gasteiger partial charge on any atom is -0.479 e. The molecule has 0 radical (unpaired) electrons. The molecule has 0 saturated carbocycles. The van der Waals surface area contributed by atoms with Crippen LogP contribution in [0.3, 0.4) is 0 Å². The minimum absolute atomic E-state index is 0.317. The molecule has 12 rings (SSSR count). The number of rotatable bonds is 28. The average Bonchev–Trinajstić information content (AvgIpc) is 1.49. The minimum atomic E-state index is -1.54. The Morgan fingerprint density at radius 2 is 0.602 bits per heavy atom. The van der Waals surface area contributed by atoms with Crippen molar-refractivity contribution < 1.29 is 60.0 Å². The molecule has 4 atom stereocenters. The zero-order valence-corrected chi connectivity index (χ0v) is 63.0. The number of aliphatic hydroxyl groups excluding tert-OH is 4. The molecule has 4 aromatic carbocycles. The van der Waals surface area contributed by atoms with Gasteiger partial charge in [0.05, 0.1) is 19.5 Å². The largest absolute Gasteiger partial charge is 0.479 e. The van der Waals surface area contributed by atoms with Crippen molar-refractivity contribution in [2.45, 2.75) is 104 Å². The lowest BCUT2D eigenvalue weighted by Crippen LogP contribution is -2.10. The lowest BCUT2D eigenvalue weighted by Gasteiger charge is -2.15. The number of aryl methyl sites for hydroxylation is 4. The first-order valence-electron chi connectivity index (χ1n) is 34.1. The van der Waals surface area contributed by atoms with Gasteiger partial charge in [0.15, 0.2) is 47.7 Å². The summed E-state index contributed by atoms with van der Waals surface area (Å²) in [5.41, 5.74) is 12.1. The zero-order valence-electron chi connectivity index (χ0n) is 59.7. The van der Waals surface area contributed by atoms with E-state index in [0.29, 0.717) is 70.0 Å². The maximum atomic E-state index is 10.9. The highest BCUT2D eigenvalue weighted by Gasteiger charge is 2.23. The molecule has 0 saturated heterocycles. The first-order chi connectivity index (χ1) is 52.0. The second-order valence-corrected chi connectivity index (χ2v) is 27.6. The van der Waals surface area contributed by atoms with E-state index in [1.165, 1.54) is 0 Å². The molecule has 108 heavy (non-hydrogen) atoms. The maximum absolute atomic E-state index is 10.9. The maximum Gasteiger partial charge on any atom is 0.337 e. The Morgan fingerprint density at radius 3 is 0.861 bits per heavy atom. The highest BCUT2D eigenvalue weighted by Crippen LogP contribution is 2.35. The van der Waals surface area contributed by atoms with Crippen LogP contribution in [0.5, 0.6) is 0 Å². The second kappa shape index (κ2) is 38.6. The Kier molecular flexibility index (Phi) is 28.8. The summed E-state index contributed by atoms with van der Waals surface area (Å²) in [6, 6.07) is 42.2. The fourth-order valence-electron chi connectivity index (χ4n) is 11.0. The van der Waals surface area contributed by atoms with Crippen LogP contribution < -0.4 is 21.3 Å². The number of carboxylic acids is 4. The Bertz CT molecular complexity index is 5010. The third-order valence-electron chi connectivity index (χ3n) is 16.5. The van der Waals surface area contributed by atoms with E-state index in [4.69, 9.17) is 40.4 Å². The molecule has 24 nitrogen and oxygen atoms in total. The van der Waals surface area contributed by atoms with Gasteiger partial charge in [-0.3, -0.25) is 0 Å². The van der Waals surface area contributed by atoms with Gasteiger partial charge in [0.2, 0.25) is 0 Å². The van der Waals surface area contributed by atoms with Gasteiger partial charge >= 0.3 is 23.9 Å². The van der Waals surface area contributed by atoms with Gasteiger partial charge < -0.3 is 62.1 Å². The normalized spacial score (nSPS) is 11.9. The topological polar surface area (TPSA) is 381 Å². The van der Waals surface area contributed by atoms with E-state index in [1.54, 1.807) is 148 Å². The van der Waals surface area contributed by atoms with Crippen LogP contribution in [-0.2, 0) is 57.7 Å². The number of thiophene rings is 4. The van der Waals surface area contributed by atoms with Crippen LogP contribution in [-0.4, -0.2) is 105 Å². The van der Waals surface area contributed by atoms with E-state index in [0.717, 1.165) is 125 Å². The van der Waals surface area contributed by atoms with Gasteiger partial charge in [0.1, 0.15) is 23.3 Å². The first-order valence-corrected chi connectivity index (χ1v) is 37.6. The lowest BCUT2D eigenvalue weighted by atomic mass is 10.1. The number of benzene rings is 4. The van der Waals surface area contributed by atoms with Crippen LogP contribution in [0.15, 0.2) is 192 Å². The molecule has 0 amide bonds. The van der Waals surface area contributed by atoms with Gasteiger partial charge in [-0.2, -0.15) is 0 Å². The van der Waals surface area contributed by atoms with Crippen LogP contribution in [0.2, 0.25) is 0 Å². The van der Waals surface area contributed by atoms with Gasteiger partial charge in [-0.1, -0.05) is 113 Å². The summed E-state index contributed by atoms with van der Waals surface area (Å²) >= 11 is 6.33. The second-order valence-electron chi connectivity index (χ2n) is 23.8. The molecule has 28 heteroatoms. The molecular weight excluding hydrogens is 1450 g/mol. The van der Waals surface area contributed by atoms with Gasteiger partial charge in [0.25, 0.3) is 0 Å². The van der Waals surface area contributed by atoms with Crippen molar-refractivity contribution in [2.24, 2.45) is 0 Å². The van der Waals surface area contributed by atoms with Crippen molar-refractivity contribution in [1.82, 2.24) is 39.9 Å². The summed E-state index contributed by atoms with van der Waals surface area (Å²) in [6.07, 6.45) is 1.90. The molecule has 0 aliphatic rings. The highest BCUT2D eigenvalue weighted by molar-refractivity contribution is 7.14. The quantitative estimate of drug-likeness (QED) is 0.0203. The Balaban J connectivity index is 0.000000166. The summed E-state index contributed by atoms with van der Waals surface area (Å²) in [7, 11) is 0. The third-order valence-corrected chi connectivity index (χ3v) is 20.0. The smallest absolute Gasteiger partial charge is 0.337 e. The summed E-state index contributed by atoms with van der Waals surface area (Å²) < 4.78 is 0. The van der Waals surface area contributed by atoms with Crippen molar-refractivity contribution in [3.63, 3.8) is 0 Å². The van der Waals surface area contributed by atoms with Gasteiger partial charge in [-0.25, -0.2) is 59.0 Å². The van der Waals surface area contributed by atoms with E-state index >= 15 is 0 Å². The molecular formula is C80H80N12O12S4. The molecule has 12 N–H and O–H groups in total. The molecule has 8 aromatic heterocycles. The fraction of sp³-hybridized carbons (Fsp3) is 0.200. The molecule has 556 valence electrons. The SMILES string of the molecule is C=CCc1c(C)nc(-c2cccs2)nc1Nc1ccc(C(O)C(=O)O)cc1.C=CCc1c(CC)nc(-c2cccs2)nc1Nc1ccc(C(O)C(=O)O)cc1.CCc1c(C)nc(-c2cccs2)nc1Nc1ccc(C(O)C(=O)O)cc1.CCc1nc(-c2cccs2)nc(Nc2ccc(C(O)C(=O)O)cc2)c1CC. The molecule has 0 bridgehead atoms. The summed E-state index contributed by atoms with van der Waals surface area (Å²) in [5, 5.41) is 95.2. The summed E-state index contributed by atoms with van der Waals surface area (Å²) in [4.78, 5) is 85.0. The molecule has 0 fully saturated rings. The highest BCUT2D eigenvalue weighted by atomic mass is 32.1. The molecule has 8 heterocycles. The predicted octanol–water partition coefficient (Wildman–Crippen LogP) is 16.6.